The van der Waals surface area contributed by atoms with Crippen molar-refractivity contribution in [1.82, 2.24) is 4.98 Å². The monoisotopic (exact) mass is 211 g/mol. The summed E-state index contributed by atoms with van der Waals surface area (Å²) in [6.45, 7) is 3.62. The molecule has 0 unspecified atom stereocenters. The molecule has 0 atom stereocenters. The number of nitrogens with zero attached hydrogens (tertiary/aromatic N) is 1. The van der Waals surface area contributed by atoms with E-state index in [0.717, 1.165) is 11.3 Å². The van der Waals surface area contributed by atoms with E-state index in [-0.39, 0.29) is 10.9 Å². The van der Waals surface area contributed by atoms with Gasteiger partial charge in [0.15, 0.2) is 5.17 Å². The fourth-order valence-electron chi connectivity index (χ4n) is 1.17. The lowest BCUT2D eigenvalue weighted by atomic mass is 10.2. The van der Waals surface area contributed by atoms with Crippen molar-refractivity contribution < 1.29 is 5.11 Å². The molecule has 5 heteroatoms. The molecule has 1 heterocycles. The zero-order valence-corrected chi connectivity index (χ0v) is 8.98. The molecule has 0 spiro atoms. The van der Waals surface area contributed by atoms with Crippen LogP contribution in [-0.2, 0) is 5.75 Å². The van der Waals surface area contributed by atoms with Crippen molar-refractivity contribution in [2.45, 2.75) is 19.6 Å². The summed E-state index contributed by atoms with van der Waals surface area (Å²) >= 11 is 1.19. The minimum absolute atomic E-state index is 0.0523. The van der Waals surface area contributed by atoms with Crippen LogP contribution in [0.5, 0.6) is 5.75 Å². The van der Waals surface area contributed by atoms with Crippen molar-refractivity contribution in [3.63, 3.8) is 0 Å². The SMILES string of the molecule is Cc1cc(CSC(=N)N)c(O)c(C)n1. The van der Waals surface area contributed by atoms with Crippen LogP contribution < -0.4 is 5.73 Å². The third-order valence-electron chi connectivity index (χ3n) is 1.76. The number of aromatic hydroxyl groups is 1. The molecule has 4 nitrogen and oxygen atoms in total. The lowest BCUT2D eigenvalue weighted by molar-refractivity contribution is 0.462. The number of pyridine rings is 1. The van der Waals surface area contributed by atoms with Crippen LogP contribution in [0.1, 0.15) is 17.0 Å². The van der Waals surface area contributed by atoms with Gasteiger partial charge in [-0.15, -0.1) is 0 Å². The van der Waals surface area contributed by atoms with Gasteiger partial charge in [0.2, 0.25) is 0 Å². The number of rotatable bonds is 2. The van der Waals surface area contributed by atoms with E-state index in [4.69, 9.17) is 11.1 Å². The molecular formula is C9H13N3OS. The molecule has 0 aromatic carbocycles. The van der Waals surface area contributed by atoms with Gasteiger partial charge < -0.3 is 10.8 Å². The zero-order chi connectivity index (χ0) is 10.7. The molecule has 0 radical (unpaired) electrons. The van der Waals surface area contributed by atoms with E-state index in [1.54, 1.807) is 13.0 Å². The molecule has 0 bridgehead atoms. The van der Waals surface area contributed by atoms with Crippen molar-refractivity contribution in [3.8, 4) is 5.75 Å². The lowest BCUT2D eigenvalue weighted by Gasteiger charge is -2.07. The summed E-state index contributed by atoms with van der Waals surface area (Å²) in [6.07, 6.45) is 0. The Labute approximate surface area is 87.1 Å². The number of aromatic nitrogens is 1. The second-order valence-electron chi connectivity index (χ2n) is 3.01. The van der Waals surface area contributed by atoms with Crippen LogP contribution in [0, 0.1) is 19.3 Å². The van der Waals surface area contributed by atoms with E-state index in [1.165, 1.54) is 11.8 Å². The first-order valence-corrected chi connectivity index (χ1v) is 5.12. The highest BCUT2D eigenvalue weighted by atomic mass is 32.2. The topological polar surface area (TPSA) is 83.0 Å². The van der Waals surface area contributed by atoms with Crippen LogP contribution in [0.25, 0.3) is 0 Å². The Balaban J connectivity index is 2.90. The third-order valence-corrected chi connectivity index (χ3v) is 2.52. The molecule has 1 rings (SSSR count). The quantitative estimate of drug-likeness (QED) is 0.511. The number of nitrogens with two attached hydrogens (primary N) is 1. The first kappa shape index (κ1) is 10.8. The van der Waals surface area contributed by atoms with Gasteiger partial charge in [-0.1, -0.05) is 11.8 Å². The average Bonchev–Trinajstić information content (AvgIpc) is 2.08. The molecule has 0 amide bonds. The number of thioether (sulfide) groups is 1. The van der Waals surface area contributed by atoms with Crippen molar-refractivity contribution in [3.05, 3.63) is 23.0 Å². The van der Waals surface area contributed by atoms with Gasteiger partial charge in [-0.2, -0.15) is 0 Å². The fraction of sp³-hybridized carbons (Fsp3) is 0.333. The van der Waals surface area contributed by atoms with Gasteiger partial charge in [0.05, 0.1) is 5.69 Å². The Hall–Kier alpha value is -1.23. The standard InChI is InChI=1S/C9H13N3OS/c1-5-3-7(4-14-9(10)11)8(13)6(2)12-5/h3,13H,4H2,1-2H3,(H3,10,11). The molecule has 4 N–H and O–H groups in total. The summed E-state index contributed by atoms with van der Waals surface area (Å²) in [4.78, 5) is 4.12. The molecule has 0 saturated heterocycles. The number of hydrogen-bond donors (Lipinski definition) is 3. The molecule has 1 aromatic rings. The molecule has 0 aliphatic carbocycles. The smallest absolute Gasteiger partial charge is 0.151 e. The highest BCUT2D eigenvalue weighted by molar-refractivity contribution is 8.13. The maximum atomic E-state index is 9.65. The Kier molecular flexibility index (Phi) is 3.35. The summed E-state index contributed by atoms with van der Waals surface area (Å²) in [5.41, 5.74) is 7.46. The minimum Gasteiger partial charge on any atom is -0.506 e. The van der Waals surface area contributed by atoms with Crippen LogP contribution in [0.15, 0.2) is 6.07 Å². The maximum absolute atomic E-state index is 9.65. The van der Waals surface area contributed by atoms with Gasteiger partial charge in [-0.25, -0.2) is 0 Å². The predicted octanol–water partition coefficient (Wildman–Crippen LogP) is 1.53. The Morgan fingerprint density at radius 3 is 2.86 bits per heavy atom. The van der Waals surface area contributed by atoms with Gasteiger partial charge in [0.1, 0.15) is 5.75 Å². The normalized spacial score (nSPS) is 10.1. The summed E-state index contributed by atoms with van der Waals surface area (Å²) in [7, 11) is 0. The van der Waals surface area contributed by atoms with Gasteiger partial charge >= 0.3 is 0 Å². The number of amidine groups is 1. The van der Waals surface area contributed by atoms with E-state index in [1.807, 2.05) is 6.92 Å². The van der Waals surface area contributed by atoms with Crippen LogP contribution in [0.4, 0.5) is 0 Å². The van der Waals surface area contributed by atoms with Gasteiger partial charge in [-0.3, -0.25) is 10.4 Å². The molecule has 0 fully saturated rings. The van der Waals surface area contributed by atoms with E-state index < -0.39 is 0 Å². The van der Waals surface area contributed by atoms with Gasteiger partial charge in [0.25, 0.3) is 0 Å². The second-order valence-corrected chi connectivity index (χ2v) is 4.03. The Bertz CT molecular complexity index is 365. The Morgan fingerprint density at radius 1 is 1.64 bits per heavy atom. The molecule has 0 aliphatic heterocycles. The predicted molar refractivity (Wildman–Crippen MR) is 58.6 cm³/mol. The highest BCUT2D eigenvalue weighted by Gasteiger charge is 2.07. The number of hydrogen-bond acceptors (Lipinski definition) is 4. The van der Waals surface area contributed by atoms with Crippen molar-refractivity contribution in [2.24, 2.45) is 5.73 Å². The molecule has 0 aliphatic rings. The van der Waals surface area contributed by atoms with E-state index in [9.17, 15) is 5.11 Å². The molecule has 1 aromatic heterocycles. The molecular weight excluding hydrogens is 198 g/mol. The van der Waals surface area contributed by atoms with Crippen LogP contribution in [0.2, 0.25) is 0 Å². The van der Waals surface area contributed by atoms with E-state index >= 15 is 0 Å². The number of nitrogens with one attached hydrogen (secondary N) is 1. The molecule has 0 saturated carbocycles. The lowest BCUT2D eigenvalue weighted by Crippen LogP contribution is -2.04. The zero-order valence-electron chi connectivity index (χ0n) is 8.16. The maximum Gasteiger partial charge on any atom is 0.151 e. The minimum atomic E-state index is 0.0523. The van der Waals surface area contributed by atoms with Gasteiger partial charge in [0, 0.05) is 17.0 Å². The summed E-state index contributed by atoms with van der Waals surface area (Å²) in [6, 6.07) is 1.80. The van der Waals surface area contributed by atoms with Crippen molar-refractivity contribution >= 4 is 16.9 Å². The first-order valence-electron chi connectivity index (χ1n) is 4.13. The van der Waals surface area contributed by atoms with Gasteiger partial charge in [-0.05, 0) is 19.9 Å². The summed E-state index contributed by atoms with van der Waals surface area (Å²) in [5, 5.41) is 16.8. The average molecular weight is 211 g/mol. The van der Waals surface area contributed by atoms with E-state index in [0.29, 0.717) is 11.4 Å². The summed E-state index contributed by atoms with van der Waals surface area (Å²) in [5.74, 6) is 0.704. The second kappa shape index (κ2) is 4.32. The Morgan fingerprint density at radius 2 is 2.29 bits per heavy atom. The van der Waals surface area contributed by atoms with Crippen molar-refractivity contribution in [2.75, 3.05) is 0 Å². The fourth-order valence-corrected chi connectivity index (χ4v) is 1.70. The van der Waals surface area contributed by atoms with Crippen LogP contribution in [-0.4, -0.2) is 15.3 Å². The summed E-state index contributed by atoms with van der Waals surface area (Å²) < 4.78 is 0. The third kappa shape index (κ3) is 2.63. The van der Waals surface area contributed by atoms with Crippen molar-refractivity contribution in [1.29, 1.82) is 5.41 Å². The molecule has 14 heavy (non-hydrogen) atoms. The van der Waals surface area contributed by atoms with E-state index in [2.05, 4.69) is 4.98 Å². The molecule has 76 valence electrons. The first-order chi connectivity index (χ1) is 6.50. The van der Waals surface area contributed by atoms with Crippen LogP contribution >= 0.6 is 11.8 Å². The van der Waals surface area contributed by atoms with Crippen LogP contribution in [0.3, 0.4) is 0 Å². The largest absolute Gasteiger partial charge is 0.506 e. The number of aryl methyl sites for hydroxylation is 2. The highest BCUT2D eigenvalue weighted by Crippen LogP contribution is 2.25.